The van der Waals surface area contributed by atoms with E-state index in [-0.39, 0.29) is 24.1 Å². The molecule has 1 rings (SSSR count). The first-order valence-corrected chi connectivity index (χ1v) is 8.95. The van der Waals surface area contributed by atoms with Crippen LogP contribution in [0.1, 0.15) is 41.5 Å². The molecule has 1 saturated heterocycles. The number of ether oxygens (including phenoxy) is 2. The lowest BCUT2D eigenvalue weighted by Gasteiger charge is -2.35. The molecular formula is C15H30NO5P. The Kier molecular flexibility index (Phi) is 8.22. The van der Waals surface area contributed by atoms with E-state index in [1.165, 1.54) is 6.92 Å². The fraction of sp³-hybridized carbons (Fsp3) is 0.933. The number of esters is 1. The van der Waals surface area contributed by atoms with Crippen LogP contribution in [0.5, 0.6) is 0 Å². The van der Waals surface area contributed by atoms with E-state index >= 15 is 0 Å². The van der Waals surface area contributed by atoms with Crippen molar-refractivity contribution in [1.82, 2.24) is 4.67 Å². The minimum absolute atomic E-state index is 0.0781. The highest BCUT2D eigenvalue weighted by molar-refractivity contribution is 7.44. The molecule has 0 spiro atoms. The zero-order chi connectivity index (χ0) is 16.9. The second-order valence-corrected chi connectivity index (χ2v) is 7.72. The normalized spacial score (nSPS) is 26.9. The van der Waals surface area contributed by atoms with Crippen molar-refractivity contribution in [3.63, 3.8) is 0 Å². The highest BCUT2D eigenvalue weighted by Crippen LogP contribution is 2.45. The van der Waals surface area contributed by atoms with Crippen molar-refractivity contribution < 1.29 is 23.3 Å². The molecule has 4 atom stereocenters. The van der Waals surface area contributed by atoms with Crippen LogP contribution in [0.25, 0.3) is 0 Å². The van der Waals surface area contributed by atoms with Crippen molar-refractivity contribution in [2.24, 2.45) is 5.92 Å². The third-order valence-electron chi connectivity index (χ3n) is 3.72. The maximum absolute atomic E-state index is 11.1. The smallest absolute Gasteiger partial charge is 0.302 e. The summed E-state index contributed by atoms with van der Waals surface area (Å²) in [6, 6.07) is 0.670. The van der Waals surface area contributed by atoms with Crippen LogP contribution in [0.4, 0.5) is 0 Å². The summed E-state index contributed by atoms with van der Waals surface area (Å²) >= 11 is 0. The van der Waals surface area contributed by atoms with Crippen LogP contribution in [0.2, 0.25) is 0 Å². The van der Waals surface area contributed by atoms with Crippen molar-refractivity contribution >= 4 is 14.5 Å². The summed E-state index contributed by atoms with van der Waals surface area (Å²) in [4.78, 5) is 11.1. The van der Waals surface area contributed by atoms with E-state index in [0.29, 0.717) is 25.3 Å². The van der Waals surface area contributed by atoms with Gasteiger partial charge in [0.1, 0.15) is 6.10 Å². The number of hydrogen-bond donors (Lipinski definition) is 0. The molecule has 0 amide bonds. The Morgan fingerprint density at radius 3 is 2.36 bits per heavy atom. The van der Waals surface area contributed by atoms with Crippen LogP contribution < -0.4 is 0 Å². The van der Waals surface area contributed by atoms with Crippen molar-refractivity contribution in [2.45, 2.75) is 65.8 Å². The molecule has 1 heterocycles. The van der Waals surface area contributed by atoms with Crippen LogP contribution in [0.3, 0.4) is 0 Å². The SMILES string of the molecule is COP(OCC1OCC(OC(C)=O)C1C)N(C(C)C)C(C)C. The Labute approximate surface area is 135 Å². The van der Waals surface area contributed by atoms with Crippen LogP contribution in [-0.2, 0) is 23.3 Å². The molecule has 0 aliphatic carbocycles. The quantitative estimate of drug-likeness (QED) is 0.502. The van der Waals surface area contributed by atoms with Gasteiger partial charge < -0.3 is 18.5 Å². The first-order valence-electron chi connectivity index (χ1n) is 7.82. The summed E-state index contributed by atoms with van der Waals surface area (Å²) in [5, 5.41) is 0. The van der Waals surface area contributed by atoms with Gasteiger partial charge in [-0.2, -0.15) is 0 Å². The molecule has 0 N–H and O–H groups in total. The van der Waals surface area contributed by atoms with E-state index in [1.807, 2.05) is 6.92 Å². The molecule has 0 aromatic carbocycles. The molecule has 0 aromatic rings. The van der Waals surface area contributed by atoms with Crippen LogP contribution in [0, 0.1) is 5.92 Å². The molecule has 22 heavy (non-hydrogen) atoms. The number of hydrogen-bond acceptors (Lipinski definition) is 6. The average molecular weight is 335 g/mol. The molecule has 7 heteroatoms. The minimum atomic E-state index is -1.12. The lowest BCUT2D eigenvalue weighted by molar-refractivity contribution is -0.147. The number of carbonyl (C=O) groups is 1. The Morgan fingerprint density at radius 2 is 1.91 bits per heavy atom. The topological polar surface area (TPSA) is 57.2 Å². The lowest BCUT2D eigenvalue weighted by atomic mass is 10.0. The lowest BCUT2D eigenvalue weighted by Crippen LogP contribution is -2.34. The maximum atomic E-state index is 11.1. The molecule has 1 aliphatic rings. The molecule has 0 saturated carbocycles. The standard InChI is InChI=1S/C15H30NO5P/c1-10(2)16(11(3)4)22(18-7)20-9-14-12(5)15(8-19-14)21-13(6)17/h10-12,14-15H,8-9H2,1-7H3. The van der Waals surface area contributed by atoms with Crippen LogP contribution in [0.15, 0.2) is 0 Å². The molecule has 1 aliphatic heterocycles. The van der Waals surface area contributed by atoms with Gasteiger partial charge in [-0.05, 0) is 27.7 Å². The van der Waals surface area contributed by atoms with E-state index in [0.717, 1.165) is 0 Å². The summed E-state index contributed by atoms with van der Waals surface area (Å²) in [5.74, 6) is -0.156. The van der Waals surface area contributed by atoms with Gasteiger partial charge in [-0.3, -0.25) is 4.79 Å². The molecule has 0 radical (unpaired) electrons. The second-order valence-electron chi connectivity index (χ2n) is 6.16. The second kappa shape index (κ2) is 9.14. The van der Waals surface area contributed by atoms with Gasteiger partial charge in [0, 0.05) is 32.0 Å². The van der Waals surface area contributed by atoms with E-state index in [9.17, 15) is 4.79 Å². The van der Waals surface area contributed by atoms with E-state index in [2.05, 4.69) is 32.4 Å². The summed E-state index contributed by atoms with van der Waals surface area (Å²) in [5.41, 5.74) is 0. The van der Waals surface area contributed by atoms with Gasteiger partial charge >= 0.3 is 5.97 Å². The number of rotatable bonds is 8. The Bertz CT molecular complexity index is 345. The monoisotopic (exact) mass is 335 g/mol. The van der Waals surface area contributed by atoms with Crippen LogP contribution in [-0.4, -0.2) is 55.3 Å². The van der Waals surface area contributed by atoms with Crippen molar-refractivity contribution in [3.05, 3.63) is 0 Å². The van der Waals surface area contributed by atoms with E-state index < -0.39 is 8.53 Å². The third-order valence-corrected chi connectivity index (χ3v) is 5.70. The fourth-order valence-corrected chi connectivity index (χ4v) is 4.10. The Balaban J connectivity index is 2.55. The molecule has 4 unspecified atom stereocenters. The average Bonchev–Trinajstić information content (AvgIpc) is 2.74. The number of nitrogens with zero attached hydrogens (tertiary/aromatic N) is 1. The van der Waals surface area contributed by atoms with Gasteiger partial charge in [0.2, 0.25) is 0 Å². The molecule has 0 bridgehead atoms. The van der Waals surface area contributed by atoms with Crippen molar-refractivity contribution in [2.75, 3.05) is 20.3 Å². The largest absolute Gasteiger partial charge is 0.460 e. The predicted octanol–water partition coefficient (Wildman–Crippen LogP) is 2.96. The van der Waals surface area contributed by atoms with Crippen molar-refractivity contribution in [3.8, 4) is 0 Å². The van der Waals surface area contributed by atoms with Gasteiger partial charge in [0.05, 0.1) is 19.3 Å². The Hall–Kier alpha value is -0.260. The van der Waals surface area contributed by atoms with E-state index in [1.54, 1.807) is 7.11 Å². The highest BCUT2D eigenvalue weighted by Gasteiger charge is 2.37. The summed E-state index contributed by atoms with van der Waals surface area (Å²) in [6.45, 7) is 12.8. The zero-order valence-electron chi connectivity index (χ0n) is 14.7. The summed E-state index contributed by atoms with van der Waals surface area (Å²) in [6.07, 6.45) is -0.267. The third kappa shape index (κ3) is 5.43. The molecule has 130 valence electrons. The molecule has 6 nitrogen and oxygen atoms in total. The zero-order valence-corrected chi connectivity index (χ0v) is 15.6. The molecule has 0 aromatic heterocycles. The van der Waals surface area contributed by atoms with Gasteiger partial charge in [-0.15, -0.1) is 0 Å². The highest BCUT2D eigenvalue weighted by atomic mass is 31.2. The van der Waals surface area contributed by atoms with Gasteiger partial charge in [-0.1, -0.05) is 6.92 Å². The van der Waals surface area contributed by atoms with Crippen LogP contribution >= 0.6 is 8.53 Å². The predicted molar refractivity (Wildman–Crippen MR) is 86.5 cm³/mol. The molecule has 1 fully saturated rings. The minimum Gasteiger partial charge on any atom is -0.460 e. The first kappa shape index (κ1) is 19.8. The summed E-state index contributed by atoms with van der Waals surface area (Å²) in [7, 11) is 0.549. The van der Waals surface area contributed by atoms with Gasteiger partial charge in [-0.25, -0.2) is 4.67 Å². The van der Waals surface area contributed by atoms with Gasteiger partial charge in [0.25, 0.3) is 8.53 Å². The first-order chi connectivity index (χ1) is 10.3. The maximum Gasteiger partial charge on any atom is 0.302 e. The van der Waals surface area contributed by atoms with Gasteiger partial charge in [0.15, 0.2) is 0 Å². The van der Waals surface area contributed by atoms with E-state index in [4.69, 9.17) is 18.5 Å². The summed E-state index contributed by atoms with van der Waals surface area (Å²) < 4.78 is 24.7. The Morgan fingerprint density at radius 1 is 1.32 bits per heavy atom. The fourth-order valence-electron chi connectivity index (χ4n) is 2.64. The van der Waals surface area contributed by atoms with Crippen molar-refractivity contribution in [1.29, 1.82) is 0 Å². The number of carbonyl (C=O) groups excluding carboxylic acids is 1. The molecular weight excluding hydrogens is 305 g/mol.